The molecular formula is C15H23FN2. The minimum Gasteiger partial charge on any atom is -0.310 e. The predicted octanol–water partition coefficient (Wildman–Crippen LogP) is 2.96. The maximum Gasteiger partial charge on any atom is 0.127 e. The van der Waals surface area contributed by atoms with Crippen LogP contribution in [0.1, 0.15) is 37.8 Å². The Morgan fingerprint density at radius 3 is 2.72 bits per heavy atom. The van der Waals surface area contributed by atoms with Crippen molar-refractivity contribution in [3.63, 3.8) is 0 Å². The van der Waals surface area contributed by atoms with Gasteiger partial charge in [0.05, 0.1) is 0 Å². The van der Waals surface area contributed by atoms with E-state index in [9.17, 15) is 4.39 Å². The summed E-state index contributed by atoms with van der Waals surface area (Å²) >= 11 is 0. The highest BCUT2D eigenvalue weighted by Crippen LogP contribution is 2.15. The first kappa shape index (κ1) is 13.5. The minimum absolute atomic E-state index is 0.0878. The molecule has 1 atom stereocenters. The van der Waals surface area contributed by atoms with Gasteiger partial charge in [-0.2, -0.15) is 0 Å². The molecule has 0 spiro atoms. The molecule has 2 nitrogen and oxygen atoms in total. The van der Waals surface area contributed by atoms with Crippen LogP contribution < -0.4 is 5.32 Å². The second kappa shape index (κ2) is 6.86. The number of likely N-dealkylation sites (tertiary alicyclic amines) is 1. The smallest absolute Gasteiger partial charge is 0.127 e. The lowest BCUT2D eigenvalue weighted by molar-refractivity contribution is 0.328. The van der Waals surface area contributed by atoms with E-state index in [1.807, 2.05) is 19.1 Å². The first-order valence-electron chi connectivity index (χ1n) is 6.97. The summed E-state index contributed by atoms with van der Waals surface area (Å²) in [5, 5.41) is 3.40. The summed E-state index contributed by atoms with van der Waals surface area (Å²) in [4.78, 5) is 2.51. The highest BCUT2D eigenvalue weighted by molar-refractivity contribution is 5.20. The molecule has 1 aromatic carbocycles. The molecule has 100 valence electrons. The monoisotopic (exact) mass is 250 g/mol. The average Bonchev–Trinajstić information content (AvgIpc) is 2.88. The zero-order chi connectivity index (χ0) is 12.8. The second-order valence-corrected chi connectivity index (χ2v) is 5.10. The molecule has 0 aromatic heterocycles. The molecule has 0 unspecified atom stereocenters. The summed E-state index contributed by atoms with van der Waals surface area (Å²) in [6.45, 7) is 6.64. The van der Waals surface area contributed by atoms with Crippen molar-refractivity contribution < 1.29 is 4.39 Å². The van der Waals surface area contributed by atoms with E-state index in [1.54, 1.807) is 6.07 Å². The number of nitrogens with one attached hydrogen (secondary N) is 1. The summed E-state index contributed by atoms with van der Waals surface area (Å²) in [5.41, 5.74) is 0.763. The molecule has 1 aliphatic heterocycles. The van der Waals surface area contributed by atoms with E-state index in [2.05, 4.69) is 10.2 Å². The topological polar surface area (TPSA) is 15.3 Å². The maximum atomic E-state index is 13.5. The van der Waals surface area contributed by atoms with Gasteiger partial charge in [-0.25, -0.2) is 4.39 Å². The summed E-state index contributed by atoms with van der Waals surface area (Å²) < 4.78 is 13.5. The Bertz CT molecular complexity index is 361. The summed E-state index contributed by atoms with van der Waals surface area (Å²) in [7, 11) is 0. The lowest BCUT2D eigenvalue weighted by Gasteiger charge is -2.17. The zero-order valence-corrected chi connectivity index (χ0v) is 11.2. The van der Waals surface area contributed by atoms with Crippen molar-refractivity contribution in [2.24, 2.45) is 0 Å². The van der Waals surface area contributed by atoms with Crippen LogP contribution in [0.25, 0.3) is 0 Å². The molecule has 18 heavy (non-hydrogen) atoms. The van der Waals surface area contributed by atoms with Crippen LogP contribution in [0.15, 0.2) is 24.3 Å². The highest BCUT2D eigenvalue weighted by Gasteiger charge is 2.11. The van der Waals surface area contributed by atoms with Crippen molar-refractivity contribution in [1.29, 1.82) is 0 Å². The Hall–Kier alpha value is -0.930. The molecule has 1 heterocycles. The van der Waals surface area contributed by atoms with Gasteiger partial charge in [0.1, 0.15) is 5.82 Å². The van der Waals surface area contributed by atoms with Gasteiger partial charge in [-0.05, 0) is 58.4 Å². The number of benzene rings is 1. The first-order chi connectivity index (χ1) is 8.77. The SMILES string of the molecule is C[C@@H](NCCCN1CCCC1)c1ccccc1F. The summed E-state index contributed by atoms with van der Waals surface area (Å²) in [6.07, 6.45) is 3.83. The first-order valence-corrected chi connectivity index (χ1v) is 6.97. The van der Waals surface area contributed by atoms with E-state index in [1.165, 1.54) is 32.0 Å². The molecule has 0 radical (unpaired) electrons. The fraction of sp³-hybridized carbons (Fsp3) is 0.600. The van der Waals surface area contributed by atoms with Gasteiger partial charge in [-0.3, -0.25) is 0 Å². The van der Waals surface area contributed by atoms with Crippen molar-refractivity contribution in [2.75, 3.05) is 26.2 Å². The Kier molecular flexibility index (Phi) is 5.14. The van der Waals surface area contributed by atoms with E-state index in [0.29, 0.717) is 0 Å². The van der Waals surface area contributed by atoms with Crippen LogP contribution in [0.3, 0.4) is 0 Å². The van der Waals surface area contributed by atoms with Crippen LogP contribution in [-0.2, 0) is 0 Å². The predicted molar refractivity (Wildman–Crippen MR) is 73.1 cm³/mol. The van der Waals surface area contributed by atoms with Gasteiger partial charge in [0.2, 0.25) is 0 Å². The lowest BCUT2D eigenvalue weighted by atomic mass is 10.1. The van der Waals surface area contributed by atoms with Crippen LogP contribution in [0.2, 0.25) is 0 Å². The third-order valence-electron chi connectivity index (χ3n) is 3.67. The van der Waals surface area contributed by atoms with E-state index in [-0.39, 0.29) is 11.9 Å². The fourth-order valence-corrected chi connectivity index (χ4v) is 2.56. The number of nitrogens with zero attached hydrogens (tertiary/aromatic N) is 1. The molecule has 0 aliphatic carbocycles. The number of hydrogen-bond donors (Lipinski definition) is 1. The van der Waals surface area contributed by atoms with Crippen LogP contribution in [0, 0.1) is 5.82 Å². The van der Waals surface area contributed by atoms with E-state index < -0.39 is 0 Å². The normalized spacial score (nSPS) is 18.1. The van der Waals surface area contributed by atoms with Gasteiger partial charge >= 0.3 is 0 Å². The van der Waals surface area contributed by atoms with Gasteiger partial charge in [0, 0.05) is 11.6 Å². The van der Waals surface area contributed by atoms with Gasteiger partial charge < -0.3 is 10.2 Å². The molecule has 0 bridgehead atoms. The maximum absolute atomic E-state index is 13.5. The third kappa shape index (κ3) is 3.79. The number of hydrogen-bond acceptors (Lipinski definition) is 2. The van der Waals surface area contributed by atoms with Crippen molar-refractivity contribution in [1.82, 2.24) is 10.2 Å². The highest BCUT2D eigenvalue weighted by atomic mass is 19.1. The molecule has 1 aliphatic rings. The van der Waals surface area contributed by atoms with Gasteiger partial charge in [-0.15, -0.1) is 0 Å². The van der Waals surface area contributed by atoms with Gasteiger partial charge in [-0.1, -0.05) is 18.2 Å². The van der Waals surface area contributed by atoms with E-state index >= 15 is 0 Å². The van der Waals surface area contributed by atoms with Gasteiger partial charge in [0.25, 0.3) is 0 Å². The largest absolute Gasteiger partial charge is 0.310 e. The van der Waals surface area contributed by atoms with Crippen molar-refractivity contribution in [3.05, 3.63) is 35.6 Å². The second-order valence-electron chi connectivity index (χ2n) is 5.10. The number of halogens is 1. The Balaban J connectivity index is 1.68. The molecule has 0 amide bonds. The van der Waals surface area contributed by atoms with E-state index in [4.69, 9.17) is 0 Å². The third-order valence-corrected chi connectivity index (χ3v) is 3.67. The number of rotatable bonds is 6. The van der Waals surface area contributed by atoms with Crippen LogP contribution in [-0.4, -0.2) is 31.1 Å². The average molecular weight is 250 g/mol. The standard InChI is InChI=1S/C15H23FN2/c1-13(14-7-2-3-8-15(14)16)17-9-6-12-18-10-4-5-11-18/h2-3,7-8,13,17H,4-6,9-12H2,1H3/t13-/m1/s1. The van der Waals surface area contributed by atoms with Gasteiger partial charge in [0.15, 0.2) is 0 Å². The molecule has 3 heteroatoms. The minimum atomic E-state index is -0.114. The zero-order valence-electron chi connectivity index (χ0n) is 11.2. The quantitative estimate of drug-likeness (QED) is 0.781. The van der Waals surface area contributed by atoms with Crippen LogP contribution in [0.4, 0.5) is 4.39 Å². The summed E-state index contributed by atoms with van der Waals surface area (Å²) in [5.74, 6) is -0.114. The molecule has 1 N–H and O–H groups in total. The molecule has 0 saturated carbocycles. The Labute approximate surface area is 109 Å². The van der Waals surface area contributed by atoms with Crippen LogP contribution in [0.5, 0.6) is 0 Å². The van der Waals surface area contributed by atoms with Crippen molar-refractivity contribution in [2.45, 2.75) is 32.2 Å². The Morgan fingerprint density at radius 1 is 1.28 bits per heavy atom. The van der Waals surface area contributed by atoms with Crippen molar-refractivity contribution in [3.8, 4) is 0 Å². The fourth-order valence-electron chi connectivity index (χ4n) is 2.56. The van der Waals surface area contributed by atoms with Crippen LogP contribution >= 0.6 is 0 Å². The lowest BCUT2D eigenvalue weighted by Crippen LogP contribution is -2.26. The molecule has 2 rings (SSSR count). The molecular weight excluding hydrogens is 227 g/mol. The van der Waals surface area contributed by atoms with Crippen molar-refractivity contribution >= 4 is 0 Å². The molecule has 1 saturated heterocycles. The Morgan fingerprint density at radius 2 is 2.00 bits per heavy atom. The molecule has 1 fully saturated rings. The summed E-state index contributed by atoms with van der Waals surface area (Å²) in [6, 6.07) is 7.09. The van der Waals surface area contributed by atoms with E-state index in [0.717, 1.165) is 25.1 Å². The molecule has 1 aromatic rings.